The molecule has 3 rings (SSSR count). The van der Waals surface area contributed by atoms with Crippen LogP contribution in [0.4, 0.5) is 5.69 Å². The number of hydrogen-bond donors (Lipinski definition) is 3. The first-order chi connectivity index (χ1) is 12.5. The fourth-order valence-electron chi connectivity index (χ4n) is 2.67. The highest BCUT2D eigenvalue weighted by Gasteiger charge is 2.09. The van der Waals surface area contributed by atoms with Gasteiger partial charge < -0.3 is 16.4 Å². The van der Waals surface area contributed by atoms with Crippen LogP contribution >= 0.6 is 12.2 Å². The first kappa shape index (κ1) is 17.6. The summed E-state index contributed by atoms with van der Waals surface area (Å²) in [6, 6.07) is 20.3. The molecule has 0 aliphatic heterocycles. The first-order valence-corrected chi connectivity index (χ1v) is 8.41. The van der Waals surface area contributed by atoms with Gasteiger partial charge in [-0.3, -0.25) is 9.59 Å². The predicted molar refractivity (Wildman–Crippen MR) is 107 cm³/mol. The number of hydrogen-bond acceptors (Lipinski definition) is 3. The molecule has 0 saturated heterocycles. The number of nitrogens with two attached hydrogens (primary N) is 1. The Bertz CT molecular complexity index is 979. The molecule has 0 atom stereocenters. The third kappa shape index (κ3) is 4.23. The highest BCUT2D eigenvalue weighted by Crippen LogP contribution is 2.18. The Labute approximate surface area is 156 Å². The molecule has 0 fully saturated rings. The van der Waals surface area contributed by atoms with Gasteiger partial charge in [-0.15, -0.1) is 0 Å². The molecule has 0 bridgehead atoms. The van der Waals surface area contributed by atoms with Crippen LogP contribution in [0.15, 0.2) is 66.7 Å². The van der Waals surface area contributed by atoms with Crippen molar-refractivity contribution in [3.05, 3.63) is 77.9 Å². The zero-order chi connectivity index (χ0) is 18.5. The Morgan fingerprint density at radius 3 is 2.35 bits per heavy atom. The van der Waals surface area contributed by atoms with E-state index in [0.717, 1.165) is 16.3 Å². The molecule has 0 radical (unpaired) electrons. The molecule has 3 aromatic carbocycles. The third-order valence-corrected chi connectivity index (χ3v) is 4.12. The van der Waals surface area contributed by atoms with Gasteiger partial charge in [-0.1, -0.05) is 42.5 Å². The van der Waals surface area contributed by atoms with Gasteiger partial charge in [0, 0.05) is 11.3 Å². The lowest BCUT2D eigenvalue weighted by molar-refractivity contribution is -0.119. The summed E-state index contributed by atoms with van der Waals surface area (Å²) in [4.78, 5) is 23.4. The number of thiocarbonyl (C=S) groups is 1. The molecule has 0 unspecified atom stereocenters. The average molecular weight is 363 g/mol. The van der Waals surface area contributed by atoms with E-state index < -0.39 is 5.91 Å². The summed E-state index contributed by atoms with van der Waals surface area (Å²) in [6.07, 6.45) is 0.226. The molecule has 0 aromatic heterocycles. The molecule has 0 aliphatic rings. The van der Waals surface area contributed by atoms with E-state index in [4.69, 9.17) is 18.0 Å². The van der Waals surface area contributed by atoms with Crippen molar-refractivity contribution in [1.82, 2.24) is 5.32 Å². The monoisotopic (exact) mass is 363 g/mol. The molecule has 5 nitrogen and oxygen atoms in total. The van der Waals surface area contributed by atoms with Crippen molar-refractivity contribution >= 4 is 45.6 Å². The van der Waals surface area contributed by atoms with E-state index in [-0.39, 0.29) is 17.4 Å². The topological polar surface area (TPSA) is 84.2 Å². The van der Waals surface area contributed by atoms with Gasteiger partial charge in [-0.25, -0.2) is 0 Å². The molecular formula is C20H17N3O2S. The number of primary amides is 1. The smallest absolute Gasteiger partial charge is 0.248 e. The average Bonchev–Trinajstić information content (AvgIpc) is 2.62. The van der Waals surface area contributed by atoms with Crippen LogP contribution in [0.3, 0.4) is 0 Å². The quantitative estimate of drug-likeness (QED) is 0.622. The Kier molecular flexibility index (Phi) is 5.24. The van der Waals surface area contributed by atoms with E-state index in [1.54, 1.807) is 24.3 Å². The molecule has 130 valence electrons. The number of benzene rings is 3. The Balaban J connectivity index is 1.62. The number of carbonyl (C=O) groups excluding carboxylic acids is 2. The van der Waals surface area contributed by atoms with Gasteiger partial charge in [0.25, 0.3) is 0 Å². The number of fused-ring (bicyclic) bond motifs is 1. The lowest BCUT2D eigenvalue weighted by Gasteiger charge is -2.11. The lowest BCUT2D eigenvalue weighted by Crippen LogP contribution is -2.35. The zero-order valence-corrected chi connectivity index (χ0v) is 14.7. The fourth-order valence-corrected chi connectivity index (χ4v) is 2.90. The van der Waals surface area contributed by atoms with E-state index in [2.05, 4.69) is 10.6 Å². The van der Waals surface area contributed by atoms with Crippen LogP contribution in [0.2, 0.25) is 0 Å². The van der Waals surface area contributed by atoms with Crippen LogP contribution < -0.4 is 16.4 Å². The Morgan fingerprint density at radius 2 is 1.62 bits per heavy atom. The Morgan fingerprint density at radius 1 is 0.923 bits per heavy atom. The minimum Gasteiger partial charge on any atom is -0.366 e. The second-order valence-corrected chi connectivity index (χ2v) is 6.17. The van der Waals surface area contributed by atoms with E-state index >= 15 is 0 Å². The van der Waals surface area contributed by atoms with Gasteiger partial charge in [0.2, 0.25) is 11.8 Å². The van der Waals surface area contributed by atoms with Crippen molar-refractivity contribution in [3.63, 3.8) is 0 Å². The van der Waals surface area contributed by atoms with Crippen molar-refractivity contribution in [2.45, 2.75) is 6.42 Å². The standard InChI is InChI=1S/C20H17N3O2S/c21-19(25)14-8-10-16(11-9-14)22-20(26)23-18(24)12-15-6-3-5-13-4-1-2-7-17(13)15/h1-11H,12H2,(H2,21,25)(H2,22,23,24,26). The second kappa shape index (κ2) is 7.76. The molecule has 4 N–H and O–H groups in total. The molecule has 0 spiro atoms. The maximum Gasteiger partial charge on any atom is 0.248 e. The molecule has 6 heteroatoms. The number of rotatable bonds is 4. The van der Waals surface area contributed by atoms with E-state index in [1.165, 1.54) is 0 Å². The molecule has 0 saturated carbocycles. The van der Waals surface area contributed by atoms with Crippen LogP contribution in [0.1, 0.15) is 15.9 Å². The lowest BCUT2D eigenvalue weighted by atomic mass is 10.0. The van der Waals surface area contributed by atoms with Gasteiger partial charge in [0.1, 0.15) is 0 Å². The van der Waals surface area contributed by atoms with Crippen LogP contribution in [0, 0.1) is 0 Å². The van der Waals surface area contributed by atoms with E-state index in [9.17, 15) is 9.59 Å². The largest absolute Gasteiger partial charge is 0.366 e. The van der Waals surface area contributed by atoms with E-state index in [1.807, 2.05) is 42.5 Å². The summed E-state index contributed by atoms with van der Waals surface area (Å²) in [6.45, 7) is 0. The van der Waals surface area contributed by atoms with Crippen LogP contribution in [-0.4, -0.2) is 16.9 Å². The summed E-state index contributed by atoms with van der Waals surface area (Å²) in [7, 11) is 0. The van der Waals surface area contributed by atoms with Crippen molar-refractivity contribution in [2.24, 2.45) is 5.73 Å². The molecule has 0 aliphatic carbocycles. The third-order valence-electron chi connectivity index (χ3n) is 3.91. The summed E-state index contributed by atoms with van der Waals surface area (Å²) >= 11 is 5.17. The molecule has 0 heterocycles. The predicted octanol–water partition coefficient (Wildman–Crippen LogP) is 2.99. The first-order valence-electron chi connectivity index (χ1n) is 8.00. The minimum atomic E-state index is -0.498. The highest BCUT2D eigenvalue weighted by molar-refractivity contribution is 7.80. The fraction of sp³-hybridized carbons (Fsp3) is 0.0500. The SMILES string of the molecule is NC(=O)c1ccc(NC(=S)NC(=O)Cc2cccc3ccccc23)cc1. The maximum absolute atomic E-state index is 12.3. The number of nitrogens with one attached hydrogen (secondary N) is 2. The Hall–Kier alpha value is -3.25. The second-order valence-electron chi connectivity index (χ2n) is 5.76. The summed E-state index contributed by atoms with van der Waals surface area (Å²) < 4.78 is 0. The van der Waals surface area contributed by atoms with Crippen LogP contribution in [-0.2, 0) is 11.2 Å². The minimum absolute atomic E-state index is 0.196. The van der Waals surface area contributed by atoms with Crippen molar-refractivity contribution < 1.29 is 9.59 Å². The van der Waals surface area contributed by atoms with Gasteiger partial charge >= 0.3 is 0 Å². The normalized spacial score (nSPS) is 10.3. The van der Waals surface area contributed by atoms with Crippen LogP contribution in [0.25, 0.3) is 10.8 Å². The maximum atomic E-state index is 12.3. The summed E-state index contributed by atoms with van der Waals surface area (Å²) in [5, 5.41) is 7.91. The van der Waals surface area contributed by atoms with Crippen molar-refractivity contribution in [3.8, 4) is 0 Å². The summed E-state index contributed by atoms with van der Waals surface area (Å²) in [5.41, 5.74) is 7.20. The van der Waals surface area contributed by atoms with Gasteiger partial charge in [0.15, 0.2) is 5.11 Å². The van der Waals surface area contributed by atoms with Crippen molar-refractivity contribution in [2.75, 3.05) is 5.32 Å². The number of anilines is 1. The number of carbonyl (C=O) groups is 2. The van der Waals surface area contributed by atoms with Crippen LogP contribution in [0.5, 0.6) is 0 Å². The highest BCUT2D eigenvalue weighted by atomic mass is 32.1. The summed E-state index contributed by atoms with van der Waals surface area (Å²) in [5.74, 6) is -0.699. The molecule has 2 amide bonds. The van der Waals surface area contributed by atoms with Crippen molar-refractivity contribution in [1.29, 1.82) is 0 Å². The van der Waals surface area contributed by atoms with E-state index in [0.29, 0.717) is 11.3 Å². The van der Waals surface area contributed by atoms with Gasteiger partial charge in [0.05, 0.1) is 6.42 Å². The van der Waals surface area contributed by atoms with Gasteiger partial charge in [-0.2, -0.15) is 0 Å². The number of amides is 2. The molecule has 3 aromatic rings. The molecular weight excluding hydrogens is 346 g/mol. The molecule has 26 heavy (non-hydrogen) atoms. The zero-order valence-electron chi connectivity index (χ0n) is 13.9. The van der Waals surface area contributed by atoms with Gasteiger partial charge in [-0.05, 0) is 52.8 Å².